The molecule has 0 saturated carbocycles. The van der Waals surface area contributed by atoms with Gasteiger partial charge in [-0.3, -0.25) is 4.98 Å². The van der Waals surface area contributed by atoms with Crippen LogP contribution in [0.5, 0.6) is 0 Å². The van der Waals surface area contributed by atoms with Gasteiger partial charge in [0.15, 0.2) is 0 Å². The normalized spacial score (nSPS) is 21.1. The van der Waals surface area contributed by atoms with E-state index in [-0.39, 0.29) is 16.7 Å². The zero-order valence-electron chi connectivity index (χ0n) is 13.9. The van der Waals surface area contributed by atoms with Crippen LogP contribution in [0.2, 0.25) is 0 Å². The fourth-order valence-corrected chi connectivity index (χ4v) is 4.71. The Labute approximate surface area is 147 Å². The van der Waals surface area contributed by atoms with Gasteiger partial charge in [-0.15, -0.1) is 0 Å². The lowest BCUT2D eigenvalue weighted by Crippen LogP contribution is -2.29. The summed E-state index contributed by atoms with van der Waals surface area (Å²) in [5.74, 6) is 0.0439. The zero-order valence-corrected chi connectivity index (χ0v) is 14.7. The van der Waals surface area contributed by atoms with Gasteiger partial charge >= 0.3 is 0 Å². The van der Waals surface area contributed by atoms with Crippen LogP contribution >= 0.6 is 0 Å². The molecule has 0 unspecified atom stereocenters. The third kappa shape index (κ3) is 3.56. The molecule has 3 rings (SSSR count). The molecular weight excluding hydrogens is 338 g/mol. The van der Waals surface area contributed by atoms with Gasteiger partial charge in [-0.2, -0.15) is 9.57 Å². The second-order valence-corrected chi connectivity index (χ2v) is 7.97. The summed E-state index contributed by atoms with van der Waals surface area (Å²) in [6.45, 7) is 1.23. The fourth-order valence-electron chi connectivity index (χ4n) is 3.19. The number of pyridine rings is 1. The van der Waals surface area contributed by atoms with Crippen LogP contribution in [-0.2, 0) is 14.8 Å². The molecule has 7 heteroatoms. The molecule has 6 nitrogen and oxygen atoms in total. The molecule has 0 bridgehead atoms. The van der Waals surface area contributed by atoms with E-state index in [2.05, 4.69) is 4.98 Å². The lowest BCUT2D eigenvalue weighted by Gasteiger charge is -2.16. The molecule has 0 radical (unpaired) electrons. The van der Waals surface area contributed by atoms with E-state index in [9.17, 15) is 8.42 Å². The van der Waals surface area contributed by atoms with Crippen LogP contribution in [0.3, 0.4) is 0 Å². The van der Waals surface area contributed by atoms with Crippen molar-refractivity contribution in [2.24, 2.45) is 5.92 Å². The van der Waals surface area contributed by atoms with E-state index in [0.717, 1.165) is 5.69 Å². The van der Waals surface area contributed by atoms with Crippen molar-refractivity contribution in [3.8, 4) is 6.07 Å². The standard InChI is InChI=1S/C18H19N3O3S/c1-24-13-15-11-21(12-17(15)18-4-2-3-9-20-18)25(22,23)16-7-5-14(10-19)6-8-16/h2-9,15,17H,11-13H2,1H3/t15-,17+/m0/s1. The number of nitrogens with zero attached hydrogens (tertiary/aromatic N) is 3. The molecule has 1 fully saturated rings. The molecule has 1 aromatic carbocycles. The molecule has 2 aromatic rings. The molecule has 1 saturated heterocycles. The SMILES string of the molecule is COC[C@@H]1CN(S(=O)(=O)c2ccc(C#N)cc2)C[C@H]1c1ccccn1. The summed E-state index contributed by atoms with van der Waals surface area (Å²) in [7, 11) is -2.00. The summed E-state index contributed by atoms with van der Waals surface area (Å²) in [4.78, 5) is 4.59. The third-order valence-electron chi connectivity index (χ3n) is 4.48. The van der Waals surface area contributed by atoms with Gasteiger partial charge in [-0.1, -0.05) is 6.07 Å². The molecule has 1 aromatic heterocycles. The van der Waals surface area contributed by atoms with Gasteiger partial charge in [0.05, 0.1) is 23.1 Å². The summed E-state index contributed by atoms with van der Waals surface area (Å²) < 4.78 is 32.7. The minimum atomic E-state index is -3.62. The maximum Gasteiger partial charge on any atom is 0.243 e. The van der Waals surface area contributed by atoms with Crippen LogP contribution < -0.4 is 0 Å². The highest BCUT2D eigenvalue weighted by atomic mass is 32.2. The van der Waals surface area contributed by atoms with E-state index >= 15 is 0 Å². The van der Waals surface area contributed by atoms with Gasteiger partial charge in [0.25, 0.3) is 0 Å². The lowest BCUT2D eigenvalue weighted by molar-refractivity contribution is 0.150. The van der Waals surface area contributed by atoms with Gasteiger partial charge in [-0.25, -0.2) is 8.42 Å². The van der Waals surface area contributed by atoms with Crippen LogP contribution in [0.25, 0.3) is 0 Å². The summed E-state index contributed by atoms with van der Waals surface area (Å²) >= 11 is 0. The molecule has 1 aliphatic heterocycles. The first-order chi connectivity index (χ1) is 12.1. The number of benzene rings is 1. The van der Waals surface area contributed by atoms with Crippen molar-refractivity contribution in [3.63, 3.8) is 0 Å². The Morgan fingerprint density at radius 1 is 1.24 bits per heavy atom. The Balaban J connectivity index is 1.88. The van der Waals surface area contributed by atoms with E-state index in [4.69, 9.17) is 10.00 Å². The average Bonchev–Trinajstić information content (AvgIpc) is 3.08. The summed E-state index contributed by atoms with van der Waals surface area (Å²) in [5, 5.41) is 8.87. The largest absolute Gasteiger partial charge is 0.384 e. The smallest absolute Gasteiger partial charge is 0.243 e. The first-order valence-electron chi connectivity index (χ1n) is 7.96. The second kappa shape index (κ2) is 7.31. The average molecular weight is 357 g/mol. The van der Waals surface area contributed by atoms with Gasteiger partial charge in [0.1, 0.15) is 0 Å². The highest BCUT2D eigenvalue weighted by Crippen LogP contribution is 2.35. The first kappa shape index (κ1) is 17.5. The number of methoxy groups -OCH3 is 1. The molecule has 0 N–H and O–H groups in total. The monoisotopic (exact) mass is 357 g/mol. The van der Waals surface area contributed by atoms with Crippen LogP contribution in [0.15, 0.2) is 53.6 Å². The van der Waals surface area contributed by atoms with Crippen molar-refractivity contribution < 1.29 is 13.2 Å². The number of hydrogen-bond acceptors (Lipinski definition) is 5. The maximum absolute atomic E-state index is 12.9. The third-order valence-corrected chi connectivity index (χ3v) is 6.32. The van der Waals surface area contributed by atoms with Crippen LogP contribution in [-0.4, -0.2) is 44.5 Å². The maximum atomic E-state index is 12.9. The predicted molar refractivity (Wildman–Crippen MR) is 92.3 cm³/mol. The minimum absolute atomic E-state index is 0.00527. The van der Waals surface area contributed by atoms with Gasteiger partial charge in [-0.05, 0) is 36.4 Å². The molecule has 2 atom stereocenters. The Hall–Kier alpha value is -2.27. The van der Waals surface area contributed by atoms with E-state index in [1.165, 1.54) is 28.6 Å². The Bertz CT molecular complexity index is 861. The minimum Gasteiger partial charge on any atom is -0.384 e. The lowest BCUT2D eigenvalue weighted by atomic mass is 9.93. The highest BCUT2D eigenvalue weighted by molar-refractivity contribution is 7.89. The van der Waals surface area contributed by atoms with E-state index < -0.39 is 10.0 Å². The molecule has 0 aliphatic carbocycles. The Morgan fingerprint density at radius 2 is 2.00 bits per heavy atom. The summed E-state index contributed by atoms with van der Waals surface area (Å²) in [6, 6.07) is 13.7. The summed E-state index contributed by atoms with van der Waals surface area (Å²) in [6.07, 6.45) is 1.72. The van der Waals surface area contributed by atoms with E-state index in [1.807, 2.05) is 24.3 Å². The predicted octanol–water partition coefficient (Wildman–Crippen LogP) is 2.00. The van der Waals surface area contributed by atoms with Gasteiger partial charge in [0, 0.05) is 43.9 Å². The van der Waals surface area contributed by atoms with Crippen LogP contribution in [0.4, 0.5) is 0 Å². The quantitative estimate of drug-likeness (QED) is 0.817. The summed E-state index contributed by atoms with van der Waals surface area (Å²) in [5.41, 5.74) is 1.31. The van der Waals surface area contributed by atoms with Crippen molar-refractivity contribution in [3.05, 3.63) is 59.9 Å². The van der Waals surface area contributed by atoms with Crippen LogP contribution in [0, 0.1) is 17.2 Å². The van der Waals surface area contributed by atoms with Crippen molar-refractivity contribution in [2.75, 3.05) is 26.8 Å². The molecule has 0 amide bonds. The number of hydrogen-bond donors (Lipinski definition) is 0. The number of aromatic nitrogens is 1. The fraction of sp³-hybridized carbons (Fsp3) is 0.333. The molecule has 25 heavy (non-hydrogen) atoms. The molecule has 2 heterocycles. The molecule has 0 spiro atoms. The van der Waals surface area contributed by atoms with Crippen molar-refractivity contribution >= 4 is 10.0 Å². The number of sulfonamides is 1. The second-order valence-electron chi connectivity index (χ2n) is 6.03. The first-order valence-corrected chi connectivity index (χ1v) is 9.40. The van der Waals surface area contributed by atoms with Crippen molar-refractivity contribution in [1.82, 2.24) is 9.29 Å². The molecular formula is C18H19N3O3S. The van der Waals surface area contributed by atoms with E-state index in [0.29, 0.717) is 25.3 Å². The Morgan fingerprint density at radius 3 is 2.60 bits per heavy atom. The van der Waals surface area contributed by atoms with Crippen LogP contribution in [0.1, 0.15) is 17.2 Å². The highest BCUT2D eigenvalue weighted by Gasteiger charge is 2.40. The van der Waals surface area contributed by atoms with Gasteiger partial charge in [0.2, 0.25) is 10.0 Å². The molecule has 1 aliphatic rings. The number of ether oxygens (including phenoxy) is 1. The van der Waals surface area contributed by atoms with E-state index in [1.54, 1.807) is 13.3 Å². The molecule has 130 valence electrons. The number of nitriles is 1. The van der Waals surface area contributed by atoms with Crippen molar-refractivity contribution in [2.45, 2.75) is 10.8 Å². The topological polar surface area (TPSA) is 83.3 Å². The van der Waals surface area contributed by atoms with Crippen molar-refractivity contribution in [1.29, 1.82) is 5.26 Å². The Kier molecular flexibility index (Phi) is 5.13. The number of rotatable bonds is 5. The van der Waals surface area contributed by atoms with Gasteiger partial charge < -0.3 is 4.74 Å². The zero-order chi connectivity index (χ0) is 17.9.